The van der Waals surface area contributed by atoms with Gasteiger partial charge in [-0.3, -0.25) is 9.48 Å². The van der Waals surface area contributed by atoms with Crippen LogP contribution in [0.1, 0.15) is 12.2 Å². The van der Waals surface area contributed by atoms with E-state index in [2.05, 4.69) is 25.3 Å². The fraction of sp³-hybridized carbons (Fsp3) is 0.625. The van der Waals surface area contributed by atoms with Gasteiger partial charge in [0.05, 0.1) is 17.6 Å². The van der Waals surface area contributed by atoms with Gasteiger partial charge in [-0.05, 0) is 6.92 Å². The number of carbonyl (C=O) groups is 1. The van der Waals surface area contributed by atoms with E-state index in [1.807, 2.05) is 18.9 Å². The number of halogens is 3. The highest BCUT2D eigenvalue weighted by Crippen LogP contribution is 2.24. The second-order valence-corrected chi connectivity index (χ2v) is 6.71. The molecule has 4 rings (SSSR count). The molecule has 0 aromatic carbocycles. The third kappa shape index (κ3) is 4.09. The topological polar surface area (TPSA) is 79.2 Å². The summed E-state index contributed by atoms with van der Waals surface area (Å²) in [5.41, 5.74) is 0.810. The van der Waals surface area contributed by atoms with Crippen LogP contribution in [0, 0.1) is 6.92 Å². The first-order valence-corrected chi connectivity index (χ1v) is 8.60. The lowest BCUT2D eigenvalue weighted by Crippen LogP contribution is -2.53. The molecule has 0 spiro atoms. The third-order valence-corrected chi connectivity index (χ3v) is 4.95. The van der Waals surface area contributed by atoms with Crippen molar-refractivity contribution in [3.05, 3.63) is 12.0 Å². The summed E-state index contributed by atoms with van der Waals surface area (Å²) in [5.74, 6) is 1.57. The highest BCUT2D eigenvalue weighted by Gasteiger charge is 2.34. The number of aromatic nitrogens is 4. The molecule has 2 aromatic rings. The fourth-order valence-corrected chi connectivity index (χ4v) is 3.59. The van der Waals surface area contributed by atoms with Crippen LogP contribution in [0.4, 0.5) is 10.2 Å². The molecule has 8 nitrogen and oxygen atoms in total. The van der Waals surface area contributed by atoms with E-state index in [0.717, 1.165) is 16.9 Å². The number of nitrogens with one attached hydrogen (secondary N) is 1. The monoisotopic (exact) mass is 419 g/mol. The van der Waals surface area contributed by atoms with Gasteiger partial charge >= 0.3 is 0 Å². The molecule has 1 amide bonds. The molecular weight excluding hydrogens is 396 g/mol. The summed E-state index contributed by atoms with van der Waals surface area (Å²) in [6, 6.07) is -0.382. The molecule has 2 atom stereocenters. The molecule has 150 valence electrons. The van der Waals surface area contributed by atoms with Crippen molar-refractivity contribution in [1.29, 1.82) is 0 Å². The SMILES string of the molecule is Cc1nc(N2CCN(C(=O)[C@H]3C[C@H](F)CN3)CC2)c2cnn(C)c2n1.Cl.Cl. The van der Waals surface area contributed by atoms with Crippen molar-refractivity contribution in [3.63, 3.8) is 0 Å². The molecule has 2 aliphatic rings. The number of nitrogens with zero attached hydrogens (tertiary/aromatic N) is 6. The lowest BCUT2D eigenvalue weighted by atomic mass is 10.1. The number of hydrogen-bond donors (Lipinski definition) is 1. The number of alkyl halides is 1. The maximum Gasteiger partial charge on any atom is 0.239 e. The normalized spacial score (nSPS) is 22.5. The van der Waals surface area contributed by atoms with Gasteiger partial charge in [0.25, 0.3) is 0 Å². The van der Waals surface area contributed by atoms with E-state index >= 15 is 0 Å². The number of amides is 1. The van der Waals surface area contributed by atoms with Crippen LogP contribution in [-0.4, -0.2) is 75.5 Å². The molecule has 2 aliphatic heterocycles. The van der Waals surface area contributed by atoms with E-state index in [4.69, 9.17) is 0 Å². The predicted octanol–water partition coefficient (Wildman–Crippen LogP) is 0.864. The molecule has 0 unspecified atom stereocenters. The highest BCUT2D eigenvalue weighted by atomic mass is 35.5. The molecule has 0 radical (unpaired) electrons. The van der Waals surface area contributed by atoms with Gasteiger partial charge in [-0.2, -0.15) is 5.10 Å². The van der Waals surface area contributed by atoms with Crippen LogP contribution < -0.4 is 10.2 Å². The van der Waals surface area contributed by atoms with Crippen LogP contribution in [0.3, 0.4) is 0 Å². The number of carbonyl (C=O) groups excluding carboxylic acids is 1. The van der Waals surface area contributed by atoms with E-state index in [9.17, 15) is 9.18 Å². The summed E-state index contributed by atoms with van der Waals surface area (Å²) >= 11 is 0. The minimum absolute atomic E-state index is 0. The van der Waals surface area contributed by atoms with Gasteiger partial charge in [-0.25, -0.2) is 14.4 Å². The Labute approximate surface area is 169 Å². The minimum atomic E-state index is -0.918. The average Bonchev–Trinajstić information content (AvgIpc) is 3.20. The van der Waals surface area contributed by atoms with Gasteiger partial charge in [-0.15, -0.1) is 24.8 Å². The summed E-state index contributed by atoms with van der Waals surface area (Å²) in [5, 5.41) is 8.17. The molecule has 2 saturated heterocycles. The summed E-state index contributed by atoms with van der Waals surface area (Å²) in [6.45, 7) is 4.75. The first-order chi connectivity index (χ1) is 12.0. The van der Waals surface area contributed by atoms with Gasteiger partial charge < -0.3 is 15.1 Å². The summed E-state index contributed by atoms with van der Waals surface area (Å²) in [6.07, 6.45) is 1.14. The van der Waals surface area contributed by atoms with Crippen LogP contribution in [0.5, 0.6) is 0 Å². The Morgan fingerprint density at radius 3 is 2.56 bits per heavy atom. The standard InChI is InChI=1S/C16H22FN7O.2ClH/c1-10-20-14-12(9-19-22(14)2)15(21-10)23-3-5-24(6-4-23)16(25)13-7-11(17)8-18-13;;/h9,11,13,18H,3-8H2,1-2H3;2*1H/t11-,13+;;/m0../s1. The zero-order chi connectivity index (χ0) is 17.6. The second kappa shape index (κ2) is 8.53. The molecule has 1 N–H and O–H groups in total. The Bertz CT molecular complexity index is 809. The zero-order valence-corrected chi connectivity index (χ0v) is 16.9. The molecule has 2 aromatic heterocycles. The highest BCUT2D eigenvalue weighted by molar-refractivity contribution is 5.87. The van der Waals surface area contributed by atoms with Crippen molar-refractivity contribution >= 4 is 47.6 Å². The minimum Gasteiger partial charge on any atom is -0.352 e. The molecule has 4 heterocycles. The predicted molar refractivity (Wildman–Crippen MR) is 106 cm³/mol. The number of piperazine rings is 1. The first-order valence-electron chi connectivity index (χ1n) is 8.60. The average molecular weight is 420 g/mol. The molecular formula is C16H24Cl2FN7O. The number of fused-ring (bicyclic) bond motifs is 1. The number of rotatable bonds is 2. The van der Waals surface area contributed by atoms with Crippen molar-refractivity contribution in [2.24, 2.45) is 7.05 Å². The quantitative estimate of drug-likeness (QED) is 0.777. The summed E-state index contributed by atoms with van der Waals surface area (Å²) < 4.78 is 15.1. The number of aryl methyl sites for hydroxylation is 2. The Morgan fingerprint density at radius 1 is 1.22 bits per heavy atom. The third-order valence-electron chi connectivity index (χ3n) is 4.95. The first kappa shape index (κ1) is 21.6. The molecule has 27 heavy (non-hydrogen) atoms. The second-order valence-electron chi connectivity index (χ2n) is 6.71. The molecule has 0 bridgehead atoms. The van der Waals surface area contributed by atoms with Crippen LogP contribution in [0.2, 0.25) is 0 Å². The maximum atomic E-state index is 13.3. The van der Waals surface area contributed by atoms with Gasteiger partial charge in [0, 0.05) is 46.2 Å². The Hall–Kier alpha value is -1.71. The summed E-state index contributed by atoms with van der Waals surface area (Å²) in [4.78, 5) is 25.5. The van der Waals surface area contributed by atoms with Crippen molar-refractivity contribution in [3.8, 4) is 0 Å². The lowest BCUT2D eigenvalue weighted by Gasteiger charge is -2.36. The Kier molecular flexibility index (Phi) is 6.82. The van der Waals surface area contributed by atoms with E-state index < -0.39 is 6.17 Å². The van der Waals surface area contributed by atoms with Crippen LogP contribution in [0.25, 0.3) is 11.0 Å². The van der Waals surface area contributed by atoms with Gasteiger partial charge in [-0.1, -0.05) is 0 Å². The smallest absolute Gasteiger partial charge is 0.239 e. The van der Waals surface area contributed by atoms with Gasteiger partial charge in [0.2, 0.25) is 5.91 Å². The molecule has 2 fully saturated rings. The summed E-state index contributed by atoms with van der Waals surface area (Å²) in [7, 11) is 1.86. The largest absolute Gasteiger partial charge is 0.352 e. The zero-order valence-electron chi connectivity index (χ0n) is 15.3. The number of hydrogen-bond acceptors (Lipinski definition) is 6. The number of anilines is 1. The van der Waals surface area contributed by atoms with Crippen LogP contribution in [-0.2, 0) is 11.8 Å². The molecule has 11 heteroatoms. The Balaban J connectivity index is 0.00000131. The van der Waals surface area contributed by atoms with Crippen molar-refractivity contribution < 1.29 is 9.18 Å². The van der Waals surface area contributed by atoms with Crippen LogP contribution >= 0.6 is 24.8 Å². The van der Waals surface area contributed by atoms with E-state index in [1.54, 1.807) is 10.9 Å². The van der Waals surface area contributed by atoms with Crippen molar-refractivity contribution in [2.45, 2.75) is 25.6 Å². The van der Waals surface area contributed by atoms with Crippen LogP contribution in [0.15, 0.2) is 6.20 Å². The Morgan fingerprint density at radius 2 is 1.93 bits per heavy atom. The lowest BCUT2D eigenvalue weighted by molar-refractivity contribution is -0.133. The van der Waals surface area contributed by atoms with Crippen molar-refractivity contribution in [2.75, 3.05) is 37.6 Å². The molecule has 0 saturated carbocycles. The van der Waals surface area contributed by atoms with Gasteiger partial charge in [0.1, 0.15) is 17.8 Å². The van der Waals surface area contributed by atoms with Crippen molar-refractivity contribution in [1.82, 2.24) is 30.0 Å². The fourth-order valence-electron chi connectivity index (χ4n) is 3.59. The maximum absolute atomic E-state index is 13.3. The van der Waals surface area contributed by atoms with E-state index in [1.165, 1.54) is 0 Å². The molecule has 0 aliphatic carbocycles. The van der Waals surface area contributed by atoms with E-state index in [0.29, 0.717) is 32.0 Å². The van der Waals surface area contributed by atoms with E-state index in [-0.39, 0.29) is 49.7 Å². The van der Waals surface area contributed by atoms with Gasteiger partial charge in [0.15, 0.2) is 5.65 Å².